The molecule has 1 unspecified atom stereocenters. The van der Waals surface area contributed by atoms with Crippen LogP contribution in [0.5, 0.6) is 5.75 Å². The van der Waals surface area contributed by atoms with E-state index in [1.165, 1.54) is 0 Å². The molecule has 28 heavy (non-hydrogen) atoms. The van der Waals surface area contributed by atoms with Gasteiger partial charge in [0.05, 0.1) is 13.0 Å². The molecule has 9 heteroatoms. The zero-order chi connectivity index (χ0) is 20.1. The maximum Gasteiger partial charge on any atom is 0.229 e. The third kappa shape index (κ3) is 4.29. The Morgan fingerprint density at radius 3 is 2.86 bits per heavy atom. The van der Waals surface area contributed by atoms with Crippen LogP contribution in [0.15, 0.2) is 18.2 Å². The van der Waals surface area contributed by atoms with Gasteiger partial charge in [-0.1, -0.05) is 6.92 Å². The number of tetrazole rings is 1. The molecule has 1 aromatic heterocycles. The van der Waals surface area contributed by atoms with Gasteiger partial charge in [-0.2, -0.15) is 4.68 Å². The first-order valence-corrected chi connectivity index (χ1v) is 9.55. The predicted molar refractivity (Wildman–Crippen MR) is 103 cm³/mol. The number of piperidine rings is 1. The summed E-state index contributed by atoms with van der Waals surface area (Å²) >= 11 is 0. The van der Waals surface area contributed by atoms with Gasteiger partial charge in [0.15, 0.2) is 5.82 Å². The molecule has 9 nitrogen and oxygen atoms in total. The summed E-state index contributed by atoms with van der Waals surface area (Å²) in [4.78, 5) is 26.8. The third-order valence-corrected chi connectivity index (χ3v) is 4.91. The number of benzene rings is 1. The fraction of sp³-hybridized carbons (Fsp3) is 0.526. The first kappa shape index (κ1) is 19.8. The normalized spacial score (nSPS) is 16.7. The minimum absolute atomic E-state index is 0.0847. The Hall–Kier alpha value is -2.97. The van der Waals surface area contributed by atoms with E-state index in [1.54, 1.807) is 41.8 Å². The highest BCUT2D eigenvalue weighted by atomic mass is 16.5. The number of aryl methyl sites for hydroxylation is 1. The Labute approximate surface area is 164 Å². The van der Waals surface area contributed by atoms with E-state index >= 15 is 0 Å². The zero-order valence-electron chi connectivity index (χ0n) is 16.5. The first-order chi connectivity index (χ1) is 13.5. The summed E-state index contributed by atoms with van der Waals surface area (Å²) in [5.41, 5.74) is 1.28. The lowest BCUT2D eigenvalue weighted by Gasteiger charge is -2.32. The number of likely N-dealkylation sites (tertiary alicyclic amines) is 1. The van der Waals surface area contributed by atoms with E-state index in [0.29, 0.717) is 35.9 Å². The number of carbonyl (C=O) groups is 2. The molecule has 1 aliphatic heterocycles. The van der Waals surface area contributed by atoms with Crippen LogP contribution in [-0.2, 0) is 9.59 Å². The van der Waals surface area contributed by atoms with Crippen molar-refractivity contribution in [1.82, 2.24) is 25.1 Å². The molecule has 1 aliphatic rings. The topological polar surface area (TPSA) is 102 Å². The predicted octanol–water partition coefficient (Wildman–Crippen LogP) is 1.96. The lowest BCUT2D eigenvalue weighted by molar-refractivity contribution is -0.134. The summed E-state index contributed by atoms with van der Waals surface area (Å²) in [5, 5.41) is 14.5. The molecule has 2 amide bonds. The second-order valence-corrected chi connectivity index (χ2v) is 6.94. The van der Waals surface area contributed by atoms with Crippen LogP contribution in [0, 0.1) is 12.8 Å². The van der Waals surface area contributed by atoms with Gasteiger partial charge in [0.25, 0.3) is 0 Å². The molecular formula is C19H26N6O3. The Bertz CT molecular complexity index is 850. The minimum atomic E-state index is -0.213. The molecule has 0 bridgehead atoms. The number of methoxy groups -OCH3 is 1. The molecule has 0 saturated carbocycles. The molecule has 1 aromatic carbocycles. The van der Waals surface area contributed by atoms with E-state index in [4.69, 9.17) is 4.74 Å². The number of anilines is 1. The summed E-state index contributed by atoms with van der Waals surface area (Å²) in [5.74, 6) is 1.04. The van der Waals surface area contributed by atoms with Crippen molar-refractivity contribution in [1.29, 1.82) is 0 Å². The van der Waals surface area contributed by atoms with E-state index in [-0.39, 0.29) is 17.7 Å². The summed E-state index contributed by atoms with van der Waals surface area (Å²) in [6.45, 7) is 4.97. The maximum atomic E-state index is 12.8. The lowest BCUT2D eigenvalue weighted by atomic mass is 9.96. The highest BCUT2D eigenvalue weighted by Crippen LogP contribution is 2.27. The molecule has 1 fully saturated rings. The molecule has 3 rings (SSSR count). The number of rotatable bonds is 6. The number of hydrogen-bond acceptors (Lipinski definition) is 6. The Morgan fingerprint density at radius 1 is 1.36 bits per heavy atom. The van der Waals surface area contributed by atoms with Gasteiger partial charge in [-0.15, -0.1) is 5.10 Å². The van der Waals surface area contributed by atoms with Crippen LogP contribution >= 0.6 is 0 Å². The number of nitrogens with one attached hydrogen (secondary N) is 1. The molecule has 2 aromatic rings. The van der Waals surface area contributed by atoms with Crippen molar-refractivity contribution in [3.63, 3.8) is 0 Å². The second kappa shape index (κ2) is 8.81. The van der Waals surface area contributed by atoms with Crippen LogP contribution in [0.4, 0.5) is 5.69 Å². The molecule has 1 saturated heterocycles. The average molecular weight is 386 g/mol. The zero-order valence-corrected chi connectivity index (χ0v) is 16.5. The van der Waals surface area contributed by atoms with Crippen molar-refractivity contribution in [2.45, 2.75) is 39.5 Å². The third-order valence-electron chi connectivity index (χ3n) is 4.91. The van der Waals surface area contributed by atoms with Crippen LogP contribution in [0.1, 0.15) is 38.4 Å². The first-order valence-electron chi connectivity index (χ1n) is 9.55. The minimum Gasteiger partial charge on any atom is -0.494 e. The standard InChI is InChI=1S/C19H26N6O3/c1-4-6-18(26)24-10-5-7-14(12-24)19(27)20-15-8-9-17(28-3)16(11-15)25-13(2)21-22-23-25/h8-9,11,14H,4-7,10,12H2,1-3H3,(H,20,27). The number of nitrogens with zero attached hydrogens (tertiary/aromatic N) is 5. The largest absolute Gasteiger partial charge is 0.494 e. The van der Waals surface area contributed by atoms with Crippen LogP contribution in [0.3, 0.4) is 0 Å². The SMILES string of the molecule is CCCC(=O)N1CCCC(C(=O)Nc2ccc(OC)c(-n3nnnc3C)c2)C1. The van der Waals surface area contributed by atoms with Gasteiger partial charge in [0.2, 0.25) is 11.8 Å². The van der Waals surface area contributed by atoms with Crippen molar-refractivity contribution in [2.75, 3.05) is 25.5 Å². The van der Waals surface area contributed by atoms with Gasteiger partial charge in [0.1, 0.15) is 11.4 Å². The van der Waals surface area contributed by atoms with E-state index in [0.717, 1.165) is 25.8 Å². The van der Waals surface area contributed by atoms with Gasteiger partial charge in [-0.25, -0.2) is 0 Å². The van der Waals surface area contributed by atoms with E-state index < -0.39 is 0 Å². The molecule has 2 heterocycles. The van der Waals surface area contributed by atoms with Crippen molar-refractivity contribution in [3.8, 4) is 11.4 Å². The number of ether oxygens (including phenoxy) is 1. The van der Waals surface area contributed by atoms with Crippen molar-refractivity contribution >= 4 is 17.5 Å². The summed E-state index contributed by atoms with van der Waals surface area (Å²) < 4.78 is 6.95. The smallest absolute Gasteiger partial charge is 0.229 e. The monoisotopic (exact) mass is 386 g/mol. The molecule has 1 N–H and O–H groups in total. The maximum absolute atomic E-state index is 12.8. The van der Waals surface area contributed by atoms with Crippen molar-refractivity contribution in [2.24, 2.45) is 5.92 Å². The highest BCUT2D eigenvalue weighted by Gasteiger charge is 2.28. The van der Waals surface area contributed by atoms with E-state index in [1.807, 2.05) is 6.92 Å². The quantitative estimate of drug-likeness (QED) is 0.814. The number of amides is 2. The van der Waals surface area contributed by atoms with Gasteiger partial charge in [-0.3, -0.25) is 9.59 Å². The van der Waals surface area contributed by atoms with Crippen molar-refractivity contribution in [3.05, 3.63) is 24.0 Å². The summed E-state index contributed by atoms with van der Waals surface area (Å²) in [7, 11) is 1.57. The van der Waals surface area contributed by atoms with Gasteiger partial charge in [0, 0.05) is 25.2 Å². The fourth-order valence-electron chi connectivity index (χ4n) is 3.42. The Morgan fingerprint density at radius 2 is 2.18 bits per heavy atom. The van der Waals surface area contributed by atoms with E-state index in [9.17, 15) is 9.59 Å². The van der Waals surface area contributed by atoms with Crippen molar-refractivity contribution < 1.29 is 14.3 Å². The molecule has 1 atom stereocenters. The van der Waals surface area contributed by atoms with Gasteiger partial charge < -0.3 is 15.0 Å². The van der Waals surface area contributed by atoms with Crippen LogP contribution in [0.25, 0.3) is 5.69 Å². The molecule has 0 radical (unpaired) electrons. The van der Waals surface area contributed by atoms with Gasteiger partial charge >= 0.3 is 0 Å². The average Bonchev–Trinajstić information content (AvgIpc) is 3.14. The highest BCUT2D eigenvalue weighted by molar-refractivity contribution is 5.93. The number of carbonyl (C=O) groups excluding carboxylic acids is 2. The molecule has 0 spiro atoms. The number of hydrogen-bond donors (Lipinski definition) is 1. The van der Waals surface area contributed by atoms with Crippen LogP contribution in [0.2, 0.25) is 0 Å². The second-order valence-electron chi connectivity index (χ2n) is 6.94. The van der Waals surface area contributed by atoms with E-state index in [2.05, 4.69) is 20.8 Å². The van der Waals surface area contributed by atoms with Gasteiger partial charge in [-0.05, 0) is 54.8 Å². The molecule has 0 aliphatic carbocycles. The number of aromatic nitrogens is 4. The summed E-state index contributed by atoms with van der Waals surface area (Å²) in [6, 6.07) is 5.33. The lowest BCUT2D eigenvalue weighted by Crippen LogP contribution is -2.43. The Kier molecular flexibility index (Phi) is 6.23. The molecule has 150 valence electrons. The van der Waals surface area contributed by atoms with Crippen LogP contribution in [-0.4, -0.2) is 57.1 Å². The molecular weight excluding hydrogens is 360 g/mol. The van der Waals surface area contributed by atoms with Crippen LogP contribution < -0.4 is 10.1 Å². The fourth-order valence-corrected chi connectivity index (χ4v) is 3.42. The Balaban J connectivity index is 1.73. The summed E-state index contributed by atoms with van der Waals surface area (Å²) in [6.07, 6.45) is 2.96.